The third kappa shape index (κ3) is 3.29. The lowest BCUT2D eigenvalue weighted by Gasteiger charge is -2.12. The highest BCUT2D eigenvalue weighted by molar-refractivity contribution is 5.94. The van der Waals surface area contributed by atoms with E-state index in [9.17, 15) is 10.1 Å². The van der Waals surface area contributed by atoms with E-state index in [1.54, 1.807) is 24.3 Å². The number of nitro benzene ring substituents is 1. The Hall–Kier alpha value is -2.95. The van der Waals surface area contributed by atoms with Gasteiger partial charge in [-0.2, -0.15) is 0 Å². The van der Waals surface area contributed by atoms with Crippen molar-refractivity contribution in [1.29, 1.82) is 0 Å². The van der Waals surface area contributed by atoms with Gasteiger partial charge in [0.15, 0.2) is 0 Å². The zero-order valence-corrected chi connectivity index (χ0v) is 12.8. The van der Waals surface area contributed by atoms with Crippen LogP contribution in [0.25, 0.3) is 10.8 Å². The molecule has 5 nitrogen and oxygen atoms in total. The number of anilines is 1. The van der Waals surface area contributed by atoms with Gasteiger partial charge in [-0.05, 0) is 18.9 Å². The summed E-state index contributed by atoms with van der Waals surface area (Å²) in [7, 11) is 0. The van der Waals surface area contributed by atoms with Gasteiger partial charge in [0.2, 0.25) is 0 Å². The number of aromatic nitrogens is 1. The molecule has 2 aromatic carbocycles. The number of rotatable bonds is 5. The largest absolute Gasteiger partial charge is 0.383 e. The molecule has 1 heterocycles. The Kier molecular flexibility index (Phi) is 4.19. The molecule has 1 aromatic heterocycles. The van der Waals surface area contributed by atoms with Gasteiger partial charge < -0.3 is 5.32 Å². The molecule has 0 aliphatic rings. The first-order chi connectivity index (χ1) is 11.1. The number of nitrogens with one attached hydrogen (secondary N) is 1. The summed E-state index contributed by atoms with van der Waals surface area (Å²) >= 11 is 0. The zero-order valence-electron chi connectivity index (χ0n) is 12.8. The highest BCUT2D eigenvalue weighted by atomic mass is 16.6. The van der Waals surface area contributed by atoms with Crippen LogP contribution in [0.15, 0.2) is 54.7 Å². The van der Waals surface area contributed by atoms with E-state index in [0.717, 1.165) is 40.7 Å². The van der Waals surface area contributed by atoms with Gasteiger partial charge in [0.25, 0.3) is 5.69 Å². The Labute approximate surface area is 134 Å². The standard InChI is InChI=1S/C18H17N3O2/c1-13-18(17-5-3-2-4-15(17)12-20-13)19-11-10-14-6-8-16(9-7-14)21(22)23/h2-9,12,19H,10-11H2,1H3. The lowest BCUT2D eigenvalue weighted by Crippen LogP contribution is -2.07. The molecule has 0 radical (unpaired) electrons. The zero-order chi connectivity index (χ0) is 16.2. The second-order valence-electron chi connectivity index (χ2n) is 5.41. The fraction of sp³-hybridized carbons (Fsp3) is 0.167. The molecule has 23 heavy (non-hydrogen) atoms. The molecule has 3 rings (SSSR count). The van der Waals surface area contributed by atoms with Crippen molar-refractivity contribution in [2.24, 2.45) is 0 Å². The lowest BCUT2D eigenvalue weighted by molar-refractivity contribution is -0.384. The quantitative estimate of drug-likeness (QED) is 0.569. The molecule has 1 N–H and O–H groups in total. The molecule has 0 aliphatic heterocycles. The minimum Gasteiger partial charge on any atom is -0.383 e. The van der Waals surface area contributed by atoms with Crippen molar-refractivity contribution >= 4 is 22.1 Å². The van der Waals surface area contributed by atoms with Crippen molar-refractivity contribution in [2.45, 2.75) is 13.3 Å². The van der Waals surface area contributed by atoms with Crippen LogP contribution < -0.4 is 5.32 Å². The summed E-state index contributed by atoms with van der Waals surface area (Å²) in [5.74, 6) is 0. The fourth-order valence-electron chi connectivity index (χ4n) is 2.60. The molecule has 0 fully saturated rings. The maximum absolute atomic E-state index is 10.7. The predicted molar refractivity (Wildman–Crippen MR) is 91.8 cm³/mol. The topological polar surface area (TPSA) is 68.1 Å². The van der Waals surface area contributed by atoms with E-state index in [0.29, 0.717) is 0 Å². The summed E-state index contributed by atoms with van der Waals surface area (Å²) < 4.78 is 0. The Morgan fingerprint density at radius 2 is 1.87 bits per heavy atom. The molecule has 0 atom stereocenters. The van der Waals surface area contributed by atoms with Crippen LogP contribution >= 0.6 is 0 Å². The van der Waals surface area contributed by atoms with Crippen molar-refractivity contribution in [1.82, 2.24) is 4.98 Å². The van der Waals surface area contributed by atoms with Crippen LogP contribution in [-0.4, -0.2) is 16.5 Å². The summed E-state index contributed by atoms with van der Waals surface area (Å²) in [6.45, 7) is 2.73. The summed E-state index contributed by atoms with van der Waals surface area (Å²) in [5, 5.41) is 16.4. The van der Waals surface area contributed by atoms with Crippen LogP contribution in [0, 0.1) is 17.0 Å². The van der Waals surface area contributed by atoms with Crippen LogP contribution in [0.2, 0.25) is 0 Å². The average Bonchev–Trinajstić information content (AvgIpc) is 2.57. The third-order valence-corrected chi connectivity index (χ3v) is 3.85. The van der Waals surface area contributed by atoms with Crippen LogP contribution in [0.5, 0.6) is 0 Å². The molecular weight excluding hydrogens is 290 g/mol. The molecule has 0 saturated heterocycles. The van der Waals surface area contributed by atoms with Crippen LogP contribution in [0.4, 0.5) is 11.4 Å². The first-order valence-corrected chi connectivity index (χ1v) is 7.47. The summed E-state index contributed by atoms with van der Waals surface area (Å²) in [6, 6.07) is 14.8. The number of fused-ring (bicyclic) bond motifs is 1. The number of non-ortho nitro benzene ring substituents is 1. The Morgan fingerprint density at radius 1 is 1.13 bits per heavy atom. The van der Waals surface area contributed by atoms with Crippen molar-refractivity contribution < 1.29 is 4.92 Å². The molecule has 0 amide bonds. The third-order valence-electron chi connectivity index (χ3n) is 3.85. The number of pyridine rings is 1. The maximum atomic E-state index is 10.7. The number of benzene rings is 2. The Morgan fingerprint density at radius 3 is 2.61 bits per heavy atom. The van der Waals surface area contributed by atoms with Gasteiger partial charge in [0, 0.05) is 35.6 Å². The fourth-order valence-corrected chi connectivity index (χ4v) is 2.60. The maximum Gasteiger partial charge on any atom is 0.269 e. The number of hydrogen-bond acceptors (Lipinski definition) is 4. The molecule has 5 heteroatoms. The van der Waals surface area contributed by atoms with Crippen molar-refractivity contribution in [3.63, 3.8) is 0 Å². The number of nitro groups is 1. The van der Waals surface area contributed by atoms with E-state index in [4.69, 9.17) is 0 Å². The number of nitrogens with zero attached hydrogens (tertiary/aromatic N) is 2. The highest BCUT2D eigenvalue weighted by Gasteiger charge is 2.06. The minimum atomic E-state index is -0.382. The first kappa shape index (κ1) is 15.0. The van der Waals surface area contributed by atoms with E-state index < -0.39 is 0 Å². The smallest absolute Gasteiger partial charge is 0.269 e. The van der Waals surface area contributed by atoms with Gasteiger partial charge in [-0.1, -0.05) is 36.4 Å². The molecule has 0 saturated carbocycles. The van der Waals surface area contributed by atoms with Gasteiger partial charge in [-0.3, -0.25) is 15.1 Å². The average molecular weight is 307 g/mol. The summed E-state index contributed by atoms with van der Waals surface area (Å²) in [6.07, 6.45) is 2.67. The molecule has 0 aliphatic carbocycles. The van der Waals surface area contributed by atoms with Gasteiger partial charge >= 0.3 is 0 Å². The number of aryl methyl sites for hydroxylation is 1. The van der Waals surface area contributed by atoms with Gasteiger partial charge in [-0.15, -0.1) is 0 Å². The SMILES string of the molecule is Cc1ncc2ccccc2c1NCCc1ccc([N+](=O)[O-])cc1. The van der Waals surface area contributed by atoms with Gasteiger partial charge in [-0.25, -0.2) is 0 Å². The molecular formula is C18H17N3O2. The lowest BCUT2D eigenvalue weighted by atomic mass is 10.1. The van der Waals surface area contributed by atoms with E-state index in [1.165, 1.54) is 0 Å². The van der Waals surface area contributed by atoms with E-state index in [2.05, 4.69) is 16.4 Å². The highest BCUT2D eigenvalue weighted by Crippen LogP contribution is 2.25. The monoisotopic (exact) mass is 307 g/mol. The van der Waals surface area contributed by atoms with E-state index in [1.807, 2.05) is 31.3 Å². The van der Waals surface area contributed by atoms with Crippen molar-refractivity contribution in [3.05, 3.63) is 76.1 Å². The molecule has 3 aromatic rings. The molecule has 0 bridgehead atoms. The minimum absolute atomic E-state index is 0.121. The number of hydrogen-bond donors (Lipinski definition) is 1. The first-order valence-electron chi connectivity index (χ1n) is 7.47. The van der Waals surface area contributed by atoms with Crippen molar-refractivity contribution in [3.8, 4) is 0 Å². The van der Waals surface area contributed by atoms with Gasteiger partial charge in [0.05, 0.1) is 16.3 Å². The second-order valence-corrected chi connectivity index (χ2v) is 5.41. The van der Waals surface area contributed by atoms with Crippen LogP contribution in [0.3, 0.4) is 0 Å². The van der Waals surface area contributed by atoms with E-state index in [-0.39, 0.29) is 10.6 Å². The molecule has 0 spiro atoms. The Bertz CT molecular complexity index is 845. The van der Waals surface area contributed by atoms with E-state index >= 15 is 0 Å². The normalized spacial score (nSPS) is 10.7. The predicted octanol–water partition coefficient (Wildman–Crippen LogP) is 4.11. The summed E-state index contributed by atoms with van der Waals surface area (Å²) in [5.41, 5.74) is 3.20. The second kappa shape index (κ2) is 6.44. The Balaban J connectivity index is 1.71. The van der Waals surface area contributed by atoms with Crippen LogP contribution in [0.1, 0.15) is 11.3 Å². The van der Waals surface area contributed by atoms with Crippen LogP contribution in [-0.2, 0) is 6.42 Å². The molecule has 0 unspecified atom stereocenters. The van der Waals surface area contributed by atoms with Gasteiger partial charge in [0.1, 0.15) is 0 Å². The summed E-state index contributed by atoms with van der Waals surface area (Å²) in [4.78, 5) is 14.7. The van der Waals surface area contributed by atoms with Crippen molar-refractivity contribution in [2.75, 3.05) is 11.9 Å². The molecule has 116 valence electrons.